The zero-order valence-corrected chi connectivity index (χ0v) is 11.8. The summed E-state index contributed by atoms with van der Waals surface area (Å²) in [5, 5.41) is 16.5. The van der Waals surface area contributed by atoms with Gasteiger partial charge >= 0.3 is 6.18 Å². The molecule has 2 aromatic rings. The number of hydrogen-bond acceptors (Lipinski definition) is 7. The van der Waals surface area contributed by atoms with Crippen LogP contribution in [0.2, 0.25) is 0 Å². The van der Waals surface area contributed by atoms with Crippen molar-refractivity contribution in [1.29, 1.82) is 0 Å². The van der Waals surface area contributed by atoms with Gasteiger partial charge in [-0.05, 0) is 17.8 Å². The molecule has 1 amide bonds. The predicted octanol–water partition coefficient (Wildman–Crippen LogP) is 1.17. The number of primary amides is 1. The Morgan fingerprint density at radius 3 is 2.48 bits per heavy atom. The van der Waals surface area contributed by atoms with Crippen LogP contribution in [0.4, 0.5) is 18.9 Å². The van der Waals surface area contributed by atoms with Gasteiger partial charge in [-0.2, -0.15) is 13.2 Å². The van der Waals surface area contributed by atoms with E-state index in [1.807, 2.05) is 0 Å². The van der Waals surface area contributed by atoms with Gasteiger partial charge in [-0.1, -0.05) is 0 Å². The molecule has 0 aliphatic carbocycles. The van der Waals surface area contributed by atoms with E-state index in [4.69, 9.17) is 11.6 Å². The number of amides is 1. The van der Waals surface area contributed by atoms with E-state index in [9.17, 15) is 28.1 Å². The average molecular weight is 348 g/mol. The zero-order chi connectivity index (χ0) is 17.4. The van der Waals surface area contributed by atoms with Crippen molar-refractivity contribution in [2.75, 3.05) is 5.84 Å². The van der Waals surface area contributed by atoms with Gasteiger partial charge in [-0.25, -0.2) is 4.68 Å². The number of hydrogen-bond donors (Lipinski definition) is 2. The van der Waals surface area contributed by atoms with Crippen molar-refractivity contribution in [3.8, 4) is 0 Å². The monoisotopic (exact) mass is 348 g/mol. The summed E-state index contributed by atoms with van der Waals surface area (Å²) < 4.78 is 38.0. The molecule has 0 saturated carbocycles. The summed E-state index contributed by atoms with van der Waals surface area (Å²) in [6, 6.07) is 3.13. The van der Waals surface area contributed by atoms with Gasteiger partial charge in [-0.15, -0.1) is 10.2 Å². The third-order valence-corrected chi connectivity index (χ3v) is 3.60. The highest BCUT2D eigenvalue weighted by molar-refractivity contribution is 7.99. The smallest absolute Gasteiger partial charge is 0.366 e. The molecule has 4 N–H and O–H groups in total. The van der Waals surface area contributed by atoms with Gasteiger partial charge in [0.25, 0.3) is 11.5 Å². The van der Waals surface area contributed by atoms with Crippen molar-refractivity contribution in [3.05, 3.63) is 39.7 Å². The number of nitrogens with two attached hydrogens (primary N) is 2. The minimum absolute atomic E-state index is 0.0518. The van der Waals surface area contributed by atoms with Gasteiger partial charge in [0.2, 0.25) is 11.1 Å². The Morgan fingerprint density at radius 2 is 2.00 bits per heavy atom. The van der Waals surface area contributed by atoms with Gasteiger partial charge in [0, 0.05) is 17.0 Å². The number of non-ortho nitro benzene ring substituents is 1. The van der Waals surface area contributed by atoms with Crippen LogP contribution in [0.15, 0.2) is 28.3 Å². The van der Waals surface area contributed by atoms with Crippen LogP contribution in [0, 0.1) is 10.1 Å². The molecule has 0 saturated heterocycles. The largest absolute Gasteiger partial charge is 0.453 e. The summed E-state index contributed by atoms with van der Waals surface area (Å²) in [4.78, 5) is 21.4. The second kappa shape index (κ2) is 5.75. The first-order valence-corrected chi connectivity index (χ1v) is 6.46. The number of halogens is 3. The number of nitrogens with zero attached hydrogens (tertiary/aromatic N) is 4. The molecule has 0 radical (unpaired) electrons. The number of carbonyl (C=O) groups excluding carboxylic acids is 1. The van der Waals surface area contributed by atoms with Crippen LogP contribution in [0.5, 0.6) is 0 Å². The summed E-state index contributed by atoms with van der Waals surface area (Å²) >= 11 is 0.567. The van der Waals surface area contributed by atoms with Gasteiger partial charge in [0.1, 0.15) is 0 Å². The van der Waals surface area contributed by atoms with Crippen molar-refractivity contribution < 1.29 is 22.9 Å². The van der Waals surface area contributed by atoms with E-state index in [0.717, 1.165) is 18.2 Å². The first kappa shape index (κ1) is 16.5. The number of rotatable bonds is 4. The predicted molar refractivity (Wildman–Crippen MR) is 70.9 cm³/mol. The molecule has 13 heteroatoms. The number of nitrogen functional groups attached to an aromatic ring is 1. The Morgan fingerprint density at radius 1 is 1.35 bits per heavy atom. The lowest BCUT2D eigenvalue weighted by Crippen LogP contribution is -2.21. The van der Waals surface area contributed by atoms with Crippen LogP contribution in [-0.4, -0.2) is 25.7 Å². The molecule has 23 heavy (non-hydrogen) atoms. The first-order chi connectivity index (χ1) is 10.6. The molecule has 9 nitrogen and oxygen atoms in total. The molecule has 2 rings (SSSR count). The van der Waals surface area contributed by atoms with E-state index >= 15 is 0 Å². The van der Waals surface area contributed by atoms with Gasteiger partial charge < -0.3 is 11.6 Å². The van der Waals surface area contributed by atoms with E-state index in [1.165, 1.54) is 0 Å². The summed E-state index contributed by atoms with van der Waals surface area (Å²) in [5.41, 5.74) is 4.48. The number of carbonyl (C=O) groups is 1. The number of aromatic nitrogens is 3. The molecule has 0 atom stereocenters. The quantitative estimate of drug-likeness (QED) is 0.479. The van der Waals surface area contributed by atoms with Crippen molar-refractivity contribution in [1.82, 2.24) is 14.9 Å². The topological polar surface area (TPSA) is 143 Å². The van der Waals surface area contributed by atoms with Gasteiger partial charge in [0.05, 0.1) is 10.5 Å². The van der Waals surface area contributed by atoms with Gasteiger partial charge in [-0.3, -0.25) is 14.9 Å². The summed E-state index contributed by atoms with van der Waals surface area (Å²) in [6.45, 7) is 0. The second-order valence-electron chi connectivity index (χ2n) is 4.08. The maximum Gasteiger partial charge on any atom is 0.453 e. The van der Waals surface area contributed by atoms with Gasteiger partial charge in [0.15, 0.2) is 0 Å². The number of nitro groups is 1. The Hall–Kier alpha value is -2.83. The van der Waals surface area contributed by atoms with Crippen LogP contribution < -0.4 is 11.6 Å². The maximum atomic E-state index is 12.6. The molecule has 0 aliphatic heterocycles. The molecule has 0 spiro atoms. The summed E-state index contributed by atoms with van der Waals surface area (Å²) in [5.74, 6) is 2.85. The molecule has 0 aliphatic rings. The van der Waals surface area contributed by atoms with Crippen LogP contribution in [0.25, 0.3) is 0 Å². The lowest BCUT2D eigenvalue weighted by Gasteiger charge is -2.07. The van der Waals surface area contributed by atoms with Crippen LogP contribution in [0.1, 0.15) is 16.2 Å². The lowest BCUT2D eigenvalue weighted by atomic mass is 10.2. The SMILES string of the molecule is NC(=O)c1cc([N+](=O)[O-])ccc1Sc1nnc(C(F)(F)F)n1N. The van der Waals surface area contributed by atoms with E-state index in [1.54, 1.807) is 0 Å². The minimum Gasteiger partial charge on any atom is -0.366 e. The Bertz CT molecular complexity index is 791. The Labute approximate surface area is 129 Å². The standard InChI is InChI=1S/C10H7F3N6O3S/c11-10(12,13)8-16-17-9(18(8)15)23-6-2-1-4(19(21)22)3-5(6)7(14)20/h1-3H,15H2,(H2,14,20). The molecular weight excluding hydrogens is 341 g/mol. The molecule has 1 heterocycles. The Kier molecular flexibility index (Phi) is 4.14. The maximum absolute atomic E-state index is 12.6. The fraction of sp³-hybridized carbons (Fsp3) is 0.100. The van der Waals surface area contributed by atoms with E-state index in [-0.39, 0.29) is 20.3 Å². The van der Waals surface area contributed by atoms with Crippen molar-refractivity contribution >= 4 is 23.4 Å². The van der Waals surface area contributed by atoms with Crippen LogP contribution in [-0.2, 0) is 6.18 Å². The van der Waals surface area contributed by atoms with E-state index < -0.39 is 28.5 Å². The fourth-order valence-electron chi connectivity index (χ4n) is 1.55. The summed E-state index contributed by atoms with van der Waals surface area (Å²) in [6.07, 6.45) is -4.80. The van der Waals surface area contributed by atoms with Crippen LogP contribution in [0.3, 0.4) is 0 Å². The normalized spacial score (nSPS) is 11.4. The lowest BCUT2D eigenvalue weighted by molar-refractivity contribution is -0.384. The number of alkyl halides is 3. The summed E-state index contributed by atoms with van der Waals surface area (Å²) in [7, 11) is 0. The third kappa shape index (κ3) is 3.33. The minimum atomic E-state index is -4.80. The highest BCUT2D eigenvalue weighted by Gasteiger charge is 2.38. The van der Waals surface area contributed by atoms with Crippen molar-refractivity contribution in [3.63, 3.8) is 0 Å². The highest BCUT2D eigenvalue weighted by Crippen LogP contribution is 2.34. The van der Waals surface area contributed by atoms with Crippen LogP contribution >= 0.6 is 11.8 Å². The zero-order valence-electron chi connectivity index (χ0n) is 10.9. The number of benzene rings is 1. The molecule has 0 unspecified atom stereocenters. The van der Waals surface area contributed by atoms with E-state index in [2.05, 4.69) is 10.2 Å². The average Bonchev–Trinajstić information content (AvgIpc) is 2.80. The molecular formula is C10H7F3N6O3S. The Balaban J connectivity index is 2.43. The molecule has 1 aromatic carbocycles. The van der Waals surface area contributed by atoms with Crippen molar-refractivity contribution in [2.45, 2.75) is 16.2 Å². The third-order valence-electron chi connectivity index (χ3n) is 2.56. The fourth-order valence-corrected chi connectivity index (χ4v) is 2.42. The molecule has 122 valence electrons. The number of nitro benzene ring substituents is 1. The molecule has 0 fully saturated rings. The molecule has 0 bridgehead atoms. The first-order valence-electron chi connectivity index (χ1n) is 5.65. The highest BCUT2D eigenvalue weighted by atomic mass is 32.2. The van der Waals surface area contributed by atoms with Crippen molar-refractivity contribution in [2.24, 2.45) is 5.73 Å². The van der Waals surface area contributed by atoms with E-state index in [0.29, 0.717) is 11.8 Å². The molecule has 1 aromatic heterocycles. The second-order valence-corrected chi connectivity index (χ2v) is 5.09.